The van der Waals surface area contributed by atoms with Crippen LogP contribution in [0, 0.1) is 10.8 Å². The minimum Gasteiger partial charge on any atom is -0.379 e. The molecule has 0 aromatic rings. The third-order valence-corrected chi connectivity index (χ3v) is 2.82. The van der Waals surface area contributed by atoms with Gasteiger partial charge in [0.15, 0.2) is 0 Å². The van der Waals surface area contributed by atoms with Crippen molar-refractivity contribution in [2.24, 2.45) is 10.8 Å². The average molecular weight is 303 g/mol. The number of nitrogens with one attached hydrogen (secondary N) is 1. The van der Waals surface area contributed by atoms with Gasteiger partial charge in [-0.25, -0.2) is 0 Å². The van der Waals surface area contributed by atoms with E-state index in [9.17, 15) is 0 Å². The molecule has 4 heteroatoms. The fourth-order valence-corrected chi connectivity index (χ4v) is 1.53. The highest BCUT2D eigenvalue weighted by Gasteiger charge is 2.09. The molecular formula is C17H37NO3. The van der Waals surface area contributed by atoms with E-state index < -0.39 is 0 Å². The van der Waals surface area contributed by atoms with Gasteiger partial charge < -0.3 is 19.5 Å². The van der Waals surface area contributed by atoms with Crippen molar-refractivity contribution in [3.05, 3.63) is 0 Å². The van der Waals surface area contributed by atoms with Crippen molar-refractivity contribution < 1.29 is 14.2 Å². The van der Waals surface area contributed by atoms with E-state index >= 15 is 0 Å². The molecule has 4 nitrogen and oxygen atoms in total. The summed E-state index contributed by atoms with van der Waals surface area (Å²) < 4.78 is 16.5. The minimum absolute atomic E-state index is 0.329. The lowest BCUT2D eigenvalue weighted by molar-refractivity contribution is 0.0108. The molecule has 0 saturated carbocycles. The van der Waals surface area contributed by atoms with Crippen LogP contribution in [0.25, 0.3) is 0 Å². The lowest BCUT2D eigenvalue weighted by atomic mass is 9.93. The fourth-order valence-electron chi connectivity index (χ4n) is 1.53. The van der Waals surface area contributed by atoms with Crippen LogP contribution in [0.3, 0.4) is 0 Å². The molecule has 21 heavy (non-hydrogen) atoms. The largest absolute Gasteiger partial charge is 0.379 e. The zero-order chi connectivity index (χ0) is 16.2. The van der Waals surface area contributed by atoms with Gasteiger partial charge >= 0.3 is 0 Å². The summed E-state index contributed by atoms with van der Waals surface area (Å²) in [5, 5.41) is 3.38. The Morgan fingerprint density at radius 3 is 1.57 bits per heavy atom. The van der Waals surface area contributed by atoms with E-state index in [-0.39, 0.29) is 0 Å². The summed E-state index contributed by atoms with van der Waals surface area (Å²) in [6.07, 6.45) is 1.08. The Kier molecular flexibility index (Phi) is 11.3. The maximum Gasteiger partial charge on any atom is 0.0701 e. The smallest absolute Gasteiger partial charge is 0.0701 e. The molecule has 128 valence electrons. The zero-order valence-corrected chi connectivity index (χ0v) is 15.1. The van der Waals surface area contributed by atoms with Crippen molar-refractivity contribution >= 4 is 0 Å². The topological polar surface area (TPSA) is 39.7 Å². The maximum absolute atomic E-state index is 5.53. The van der Waals surface area contributed by atoms with Gasteiger partial charge in [0.25, 0.3) is 0 Å². The summed E-state index contributed by atoms with van der Waals surface area (Å²) in [5.41, 5.74) is 0.672. The fraction of sp³-hybridized carbons (Fsp3) is 1.00. The van der Waals surface area contributed by atoms with E-state index in [4.69, 9.17) is 14.2 Å². The highest BCUT2D eigenvalue weighted by molar-refractivity contribution is 4.64. The van der Waals surface area contributed by atoms with E-state index in [1.807, 2.05) is 0 Å². The predicted octanol–water partition coefficient (Wildman–Crippen LogP) is 3.11. The lowest BCUT2D eigenvalue weighted by Crippen LogP contribution is -2.29. The second-order valence-electron chi connectivity index (χ2n) is 7.89. The Labute approximate surface area is 131 Å². The molecule has 0 unspecified atom stereocenters. The third kappa shape index (κ3) is 19.8. The minimum atomic E-state index is 0.329. The number of ether oxygens (including phenoxy) is 3. The summed E-state index contributed by atoms with van der Waals surface area (Å²) in [4.78, 5) is 0. The first-order valence-electron chi connectivity index (χ1n) is 8.15. The number of hydrogen-bond acceptors (Lipinski definition) is 4. The van der Waals surface area contributed by atoms with Crippen LogP contribution in [0.4, 0.5) is 0 Å². The molecule has 0 saturated heterocycles. The van der Waals surface area contributed by atoms with Crippen molar-refractivity contribution in [2.75, 3.05) is 52.7 Å². The van der Waals surface area contributed by atoms with Crippen LogP contribution < -0.4 is 5.32 Å². The first-order valence-corrected chi connectivity index (χ1v) is 8.15. The van der Waals surface area contributed by atoms with Crippen LogP contribution in [-0.2, 0) is 14.2 Å². The van der Waals surface area contributed by atoms with Crippen molar-refractivity contribution in [1.82, 2.24) is 5.32 Å². The number of hydrogen-bond donors (Lipinski definition) is 1. The van der Waals surface area contributed by atoms with Crippen LogP contribution in [0.1, 0.15) is 48.0 Å². The summed E-state index contributed by atoms with van der Waals surface area (Å²) in [5.74, 6) is 0. The molecule has 0 aliphatic heterocycles. The van der Waals surface area contributed by atoms with Crippen molar-refractivity contribution in [1.29, 1.82) is 0 Å². The van der Waals surface area contributed by atoms with Crippen molar-refractivity contribution in [2.45, 2.75) is 48.0 Å². The second-order valence-corrected chi connectivity index (χ2v) is 7.89. The molecule has 0 aromatic heterocycles. The lowest BCUT2D eigenvalue weighted by Gasteiger charge is -2.18. The summed E-state index contributed by atoms with van der Waals surface area (Å²) in [6.45, 7) is 19.4. The van der Waals surface area contributed by atoms with Crippen LogP contribution in [0.2, 0.25) is 0 Å². The zero-order valence-electron chi connectivity index (χ0n) is 15.1. The molecule has 1 N–H and O–H groups in total. The van der Waals surface area contributed by atoms with Gasteiger partial charge in [0.05, 0.1) is 33.0 Å². The molecule has 0 atom stereocenters. The average Bonchev–Trinajstić information content (AvgIpc) is 2.32. The van der Waals surface area contributed by atoms with Crippen molar-refractivity contribution in [3.8, 4) is 0 Å². The Morgan fingerprint density at radius 1 is 0.619 bits per heavy atom. The van der Waals surface area contributed by atoms with Crippen LogP contribution in [0.5, 0.6) is 0 Å². The Bertz CT molecular complexity index is 207. The molecule has 0 aromatic carbocycles. The van der Waals surface area contributed by atoms with Gasteiger partial charge in [0, 0.05) is 19.7 Å². The third-order valence-electron chi connectivity index (χ3n) is 2.82. The maximum atomic E-state index is 5.53. The van der Waals surface area contributed by atoms with E-state index in [2.05, 4.69) is 46.9 Å². The molecule has 0 bridgehead atoms. The molecule has 0 fully saturated rings. The molecule has 0 amide bonds. The first kappa shape index (κ1) is 20.8. The van der Waals surface area contributed by atoms with Gasteiger partial charge in [-0.3, -0.25) is 0 Å². The Morgan fingerprint density at radius 2 is 1.10 bits per heavy atom. The quantitative estimate of drug-likeness (QED) is 0.562. The monoisotopic (exact) mass is 303 g/mol. The van der Waals surface area contributed by atoms with Gasteiger partial charge in [-0.1, -0.05) is 41.5 Å². The van der Waals surface area contributed by atoms with E-state index in [0.29, 0.717) is 37.3 Å². The molecule has 0 aliphatic carbocycles. The normalized spacial score (nSPS) is 12.9. The summed E-state index contributed by atoms with van der Waals surface area (Å²) in [6, 6.07) is 0. The second kappa shape index (κ2) is 11.4. The van der Waals surface area contributed by atoms with Gasteiger partial charge in [0.1, 0.15) is 0 Å². The van der Waals surface area contributed by atoms with Crippen molar-refractivity contribution in [3.63, 3.8) is 0 Å². The molecular weight excluding hydrogens is 266 g/mol. The van der Waals surface area contributed by atoms with Crippen LogP contribution in [0.15, 0.2) is 0 Å². The molecule has 0 radical (unpaired) electrons. The van der Waals surface area contributed by atoms with E-state index in [0.717, 1.165) is 32.7 Å². The standard InChI is InChI=1S/C17H37NO3/c1-16(2,3)7-9-19-11-13-21-14-12-20-10-8-18-15-17(4,5)6/h18H,7-15H2,1-6H3. The molecule has 0 aliphatic rings. The van der Waals surface area contributed by atoms with Gasteiger partial charge in [-0.05, 0) is 17.3 Å². The SMILES string of the molecule is CC(C)(C)CCOCCOCCOCCNCC(C)(C)C. The summed E-state index contributed by atoms with van der Waals surface area (Å²) >= 11 is 0. The first-order chi connectivity index (χ1) is 9.71. The van der Waals surface area contributed by atoms with E-state index in [1.54, 1.807) is 0 Å². The van der Waals surface area contributed by atoms with Gasteiger partial charge in [-0.2, -0.15) is 0 Å². The molecule has 0 rings (SSSR count). The van der Waals surface area contributed by atoms with Gasteiger partial charge in [-0.15, -0.1) is 0 Å². The Hall–Kier alpha value is -0.160. The van der Waals surface area contributed by atoms with E-state index in [1.165, 1.54) is 0 Å². The van der Waals surface area contributed by atoms with Gasteiger partial charge in [0.2, 0.25) is 0 Å². The molecule has 0 spiro atoms. The van der Waals surface area contributed by atoms with Crippen LogP contribution in [-0.4, -0.2) is 52.7 Å². The highest BCUT2D eigenvalue weighted by Crippen LogP contribution is 2.17. The predicted molar refractivity (Wildman–Crippen MR) is 88.9 cm³/mol. The number of rotatable bonds is 12. The molecule has 0 heterocycles. The Balaban J connectivity index is 3.10. The highest BCUT2D eigenvalue weighted by atomic mass is 16.5. The summed E-state index contributed by atoms with van der Waals surface area (Å²) in [7, 11) is 0. The van der Waals surface area contributed by atoms with Crippen LogP contribution >= 0.6 is 0 Å².